The van der Waals surface area contributed by atoms with Crippen LogP contribution in [0.2, 0.25) is 5.02 Å². The van der Waals surface area contributed by atoms with Gasteiger partial charge in [-0.05, 0) is 49.1 Å². The molecule has 2 amide bonds. The van der Waals surface area contributed by atoms with Crippen LogP contribution in [0.5, 0.6) is 5.75 Å². The van der Waals surface area contributed by atoms with Crippen LogP contribution in [0, 0.1) is 0 Å². The van der Waals surface area contributed by atoms with Gasteiger partial charge in [-0.25, -0.2) is 0 Å². The van der Waals surface area contributed by atoms with Crippen LogP contribution in [0.3, 0.4) is 0 Å². The summed E-state index contributed by atoms with van der Waals surface area (Å²) in [5.74, 6) is 1.03. The number of imide groups is 1. The van der Waals surface area contributed by atoms with Gasteiger partial charge in [-0.1, -0.05) is 29.8 Å². The summed E-state index contributed by atoms with van der Waals surface area (Å²) in [7, 11) is 3.33. The fourth-order valence-corrected chi connectivity index (χ4v) is 3.70. The molecule has 164 valence electrons. The Labute approximate surface area is 187 Å². The van der Waals surface area contributed by atoms with E-state index in [0.717, 1.165) is 30.6 Å². The number of nitrogens with zero attached hydrogens (tertiary/aromatic N) is 2. The molecule has 0 saturated heterocycles. The molecule has 0 aliphatic carbocycles. The van der Waals surface area contributed by atoms with Gasteiger partial charge in [0.1, 0.15) is 5.75 Å². The molecule has 2 aromatic carbocycles. The van der Waals surface area contributed by atoms with E-state index in [-0.39, 0.29) is 11.8 Å². The highest BCUT2D eigenvalue weighted by Crippen LogP contribution is 2.23. The third kappa shape index (κ3) is 5.55. The number of aliphatic imine (C=N–C) groups is 1. The molecular weight excluding hydrogens is 416 g/mol. The number of carbonyl (C=O) groups excluding carboxylic acids is 2. The molecule has 2 N–H and O–H groups in total. The Kier molecular flexibility index (Phi) is 7.89. The highest BCUT2D eigenvalue weighted by molar-refractivity contribution is 6.31. The predicted octanol–water partition coefficient (Wildman–Crippen LogP) is 3.13. The van der Waals surface area contributed by atoms with Crippen molar-refractivity contribution in [2.24, 2.45) is 4.99 Å². The Hall–Kier alpha value is -3.06. The zero-order valence-electron chi connectivity index (χ0n) is 17.8. The lowest BCUT2D eigenvalue weighted by Gasteiger charge is -2.15. The Bertz CT molecular complexity index is 942. The fourth-order valence-electron chi connectivity index (χ4n) is 3.44. The number of unbranched alkanes of at least 4 members (excludes halogenated alkanes) is 1. The Morgan fingerprint density at radius 1 is 1.03 bits per heavy atom. The van der Waals surface area contributed by atoms with E-state index in [1.54, 1.807) is 44.5 Å². The molecule has 0 atom stereocenters. The topological polar surface area (TPSA) is 83.0 Å². The van der Waals surface area contributed by atoms with Crippen molar-refractivity contribution in [1.29, 1.82) is 0 Å². The molecule has 0 bridgehead atoms. The molecule has 0 unspecified atom stereocenters. The standard InChI is InChI=1S/C23H27ClN4O3/c1-25-23(27-13-11-16-9-10-17(31-2)15-20(16)24)26-12-5-6-14-28-21(29)18-7-3-4-8-19(18)22(28)30/h3-4,7-10,15H,5-6,11-14H2,1-2H3,(H2,25,26,27). The van der Waals surface area contributed by atoms with E-state index in [0.29, 0.717) is 41.7 Å². The van der Waals surface area contributed by atoms with Crippen LogP contribution in [0.25, 0.3) is 0 Å². The number of fused-ring (bicyclic) bond motifs is 1. The summed E-state index contributed by atoms with van der Waals surface area (Å²) < 4.78 is 5.17. The number of nitrogens with one attached hydrogen (secondary N) is 2. The van der Waals surface area contributed by atoms with Gasteiger partial charge in [-0.2, -0.15) is 0 Å². The Morgan fingerprint density at radius 3 is 2.32 bits per heavy atom. The molecular formula is C23H27ClN4O3. The molecule has 7 nitrogen and oxygen atoms in total. The van der Waals surface area contributed by atoms with Gasteiger partial charge >= 0.3 is 0 Å². The van der Waals surface area contributed by atoms with Gasteiger partial charge in [0.05, 0.1) is 18.2 Å². The smallest absolute Gasteiger partial charge is 0.261 e. The molecule has 0 spiro atoms. The van der Waals surface area contributed by atoms with Gasteiger partial charge in [0.25, 0.3) is 11.8 Å². The third-order valence-electron chi connectivity index (χ3n) is 5.15. The molecule has 0 aromatic heterocycles. The van der Waals surface area contributed by atoms with E-state index in [2.05, 4.69) is 15.6 Å². The second-order valence-electron chi connectivity index (χ2n) is 7.15. The first-order chi connectivity index (χ1) is 15.0. The van der Waals surface area contributed by atoms with E-state index in [4.69, 9.17) is 16.3 Å². The van der Waals surface area contributed by atoms with Gasteiger partial charge in [0.15, 0.2) is 5.96 Å². The quantitative estimate of drug-likeness (QED) is 0.270. The minimum absolute atomic E-state index is 0.205. The largest absolute Gasteiger partial charge is 0.497 e. The van der Waals surface area contributed by atoms with Crippen molar-refractivity contribution in [1.82, 2.24) is 15.5 Å². The van der Waals surface area contributed by atoms with Crippen molar-refractivity contribution < 1.29 is 14.3 Å². The Morgan fingerprint density at radius 2 is 1.71 bits per heavy atom. The maximum atomic E-state index is 12.4. The highest BCUT2D eigenvalue weighted by Gasteiger charge is 2.34. The van der Waals surface area contributed by atoms with Crippen molar-refractivity contribution in [3.8, 4) is 5.75 Å². The average molecular weight is 443 g/mol. The molecule has 1 aliphatic rings. The van der Waals surface area contributed by atoms with Crippen LogP contribution >= 0.6 is 11.6 Å². The number of amides is 2. The van der Waals surface area contributed by atoms with Crippen molar-refractivity contribution in [2.75, 3.05) is 33.8 Å². The molecule has 8 heteroatoms. The number of guanidine groups is 1. The van der Waals surface area contributed by atoms with Crippen LogP contribution in [-0.2, 0) is 6.42 Å². The predicted molar refractivity (Wildman–Crippen MR) is 122 cm³/mol. The van der Waals surface area contributed by atoms with Gasteiger partial charge in [0, 0.05) is 31.7 Å². The molecule has 1 aliphatic heterocycles. The molecule has 0 radical (unpaired) electrons. The number of methoxy groups -OCH3 is 1. The monoisotopic (exact) mass is 442 g/mol. The first-order valence-electron chi connectivity index (χ1n) is 10.3. The number of hydrogen-bond acceptors (Lipinski definition) is 4. The molecule has 2 aromatic rings. The van der Waals surface area contributed by atoms with Crippen LogP contribution < -0.4 is 15.4 Å². The zero-order valence-corrected chi connectivity index (χ0v) is 18.5. The Balaban J connectivity index is 1.35. The minimum Gasteiger partial charge on any atom is -0.497 e. The fraction of sp³-hybridized carbons (Fsp3) is 0.348. The van der Waals surface area contributed by atoms with Gasteiger partial charge in [-0.15, -0.1) is 0 Å². The second kappa shape index (κ2) is 10.8. The molecule has 0 saturated carbocycles. The van der Waals surface area contributed by atoms with E-state index in [9.17, 15) is 9.59 Å². The molecule has 1 heterocycles. The van der Waals surface area contributed by atoms with Crippen molar-refractivity contribution in [2.45, 2.75) is 19.3 Å². The number of halogens is 1. The molecule has 31 heavy (non-hydrogen) atoms. The summed E-state index contributed by atoms with van der Waals surface area (Å²) in [5.41, 5.74) is 2.02. The normalized spacial score (nSPS) is 13.4. The number of ether oxygens (including phenoxy) is 1. The summed E-state index contributed by atoms with van der Waals surface area (Å²) in [6.07, 6.45) is 2.28. The van der Waals surface area contributed by atoms with Crippen molar-refractivity contribution >= 4 is 29.4 Å². The van der Waals surface area contributed by atoms with E-state index in [1.165, 1.54) is 4.90 Å². The summed E-state index contributed by atoms with van der Waals surface area (Å²) in [6.45, 7) is 1.78. The third-order valence-corrected chi connectivity index (χ3v) is 5.50. The van der Waals surface area contributed by atoms with Crippen LogP contribution in [-0.4, -0.2) is 56.5 Å². The van der Waals surface area contributed by atoms with Crippen molar-refractivity contribution in [3.05, 3.63) is 64.2 Å². The lowest BCUT2D eigenvalue weighted by Crippen LogP contribution is -2.39. The van der Waals surface area contributed by atoms with Gasteiger partial charge in [0.2, 0.25) is 0 Å². The zero-order chi connectivity index (χ0) is 22.2. The lowest BCUT2D eigenvalue weighted by molar-refractivity contribution is 0.0652. The first-order valence-corrected chi connectivity index (χ1v) is 10.6. The van der Waals surface area contributed by atoms with Crippen LogP contribution in [0.15, 0.2) is 47.5 Å². The first kappa shape index (κ1) is 22.6. The number of rotatable bonds is 9. The highest BCUT2D eigenvalue weighted by atomic mass is 35.5. The molecule has 3 rings (SSSR count). The van der Waals surface area contributed by atoms with E-state index in [1.807, 2.05) is 12.1 Å². The molecule has 0 fully saturated rings. The maximum Gasteiger partial charge on any atom is 0.261 e. The summed E-state index contributed by atoms with van der Waals surface area (Å²) in [4.78, 5) is 30.3. The van der Waals surface area contributed by atoms with Gasteiger partial charge in [-0.3, -0.25) is 19.5 Å². The summed E-state index contributed by atoms with van der Waals surface area (Å²) >= 11 is 6.27. The summed E-state index contributed by atoms with van der Waals surface area (Å²) in [6, 6.07) is 12.6. The van der Waals surface area contributed by atoms with E-state index < -0.39 is 0 Å². The number of benzene rings is 2. The van der Waals surface area contributed by atoms with Gasteiger partial charge < -0.3 is 15.4 Å². The van der Waals surface area contributed by atoms with Crippen molar-refractivity contribution in [3.63, 3.8) is 0 Å². The SMILES string of the molecule is CN=C(NCCCCN1C(=O)c2ccccc2C1=O)NCCc1ccc(OC)cc1Cl. The minimum atomic E-state index is -0.205. The number of hydrogen-bond donors (Lipinski definition) is 2. The maximum absolute atomic E-state index is 12.4. The number of carbonyl (C=O) groups is 2. The summed E-state index contributed by atoms with van der Waals surface area (Å²) in [5, 5.41) is 7.19. The van der Waals surface area contributed by atoms with E-state index >= 15 is 0 Å². The van der Waals surface area contributed by atoms with Crippen LogP contribution in [0.1, 0.15) is 39.1 Å². The lowest BCUT2D eigenvalue weighted by atomic mass is 10.1. The average Bonchev–Trinajstić information content (AvgIpc) is 3.03. The second-order valence-corrected chi connectivity index (χ2v) is 7.55. The van der Waals surface area contributed by atoms with Crippen LogP contribution in [0.4, 0.5) is 0 Å².